The van der Waals surface area contributed by atoms with Crippen molar-refractivity contribution in [2.24, 2.45) is 5.73 Å². The summed E-state index contributed by atoms with van der Waals surface area (Å²) in [7, 11) is 1.95. The lowest BCUT2D eigenvalue weighted by molar-refractivity contribution is -0.252. The largest absolute Gasteiger partial charge is 0.508 e. The number of likely N-dealkylation sites (N-methyl/N-ethyl adjacent to an activating group) is 1. The van der Waals surface area contributed by atoms with Crippen molar-refractivity contribution in [2.75, 3.05) is 20.1 Å². The van der Waals surface area contributed by atoms with Gasteiger partial charge in [0, 0.05) is 31.6 Å². The third-order valence-corrected chi connectivity index (χ3v) is 7.60. The molecular formula is C34H38N2O5. The molecule has 1 heterocycles. The van der Waals surface area contributed by atoms with E-state index in [1.807, 2.05) is 66.5 Å². The second-order valence-electron chi connectivity index (χ2n) is 10.7. The van der Waals surface area contributed by atoms with Crippen molar-refractivity contribution in [3.05, 3.63) is 125 Å². The van der Waals surface area contributed by atoms with E-state index in [4.69, 9.17) is 15.2 Å². The summed E-state index contributed by atoms with van der Waals surface area (Å²) in [5.74, 6) is 0.132. The molecule has 0 spiro atoms. The van der Waals surface area contributed by atoms with Crippen LogP contribution in [0.15, 0.2) is 97.1 Å². The number of hydrogen-bond acceptors (Lipinski definition) is 7. The van der Waals surface area contributed by atoms with Crippen molar-refractivity contribution in [1.29, 1.82) is 0 Å². The van der Waals surface area contributed by atoms with Gasteiger partial charge in [0.2, 0.25) is 0 Å². The summed E-state index contributed by atoms with van der Waals surface area (Å²) < 4.78 is 13.0. The Bertz CT molecular complexity index is 1410. The first kappa shape index (κ1) is 29.0. The van der Waals surface area contributed by atoms with E-state index in [1.165, 1.54) is 0 Å². The maximum absolute atomic E-state index is 10.8. The van der Waals surface area contributed by atoms with E-state index in [9.17, 15) is 15.3 Å². The average Bonchev–Trinajstić information content (AvgIpc) is 3.01. The van der Waals surface area contributed by atoms with Crippen LogP contribution in [0.2, 0.25) is 0 Å². The Morgan fingerprint density at radius 1 is 0.902 bits per heavy atom. The van der Waals surface area contributed by atoms with Gasteiger partial charge in [-0.2, -0.15) is 0 Å². The fraction of sp³-hybridized carbons (Fsp3) is 0.294. The molecular weight excluding hydrogens is 516 g/mol. The number of nitrogens with zero attached hydrogens (tertiary/aromatic N) is 1. The van der Waals surface area contributed by atoms with Gasteiger partial charge in [0.05, 0.1) is 24.9 Å². The topological polar surface area (TPSA) is 108 Å². The molecule has 0 aromatic heterocycles. The van der Waals surface area contributed by atoms with Gasteiger partial charge in [-0.3, -0.25) is 0 Å². The van der Waals surface area contributed by atoms with Crippen LogP contribution in [0.5, 0.6) is 5.75 Å². The number of aliphatic hydroxyl groups excluding tert-OH is 2. The molecule has 0 radical (unpaired) electrons. The van der Waals surface area contributed by atoms with Crippen molar-refractivity contribution in [3.63, 3.8) is 0 Å². The van der Waals surface area contributed by atoms with Crippen LogP contribution < -0.4 is 5.73 Å². The number of ether oxygens (including phenoxy) is 2. The molecule has 5 N–H and O–H groups in total. The number of nitrogens with two attached hydrogens (primary N) is 1. The maximum Gasteiger partial charge on any atom is 0.184 e. The third-order valence-electron chi connectivity index (χ3n) is 7.60. The first-order valence-corrected chi connectivity index (χ1v) is 14.0. The summed E-state index contributed by atoms with van der Waals surface area (Å²) in [6, 6.07) is 30.9. The summed E-state index contributed by atoms with van der Waals surface area (Å²) in [6.45, 7) is 1.44. The van der Waals surface area contributed by atoms with E-state index in [2.05, 4.69) is 18.2 Å². The molecule has 0 amide bonds. The van der Waals surface area contributed by atoms with Crippen LogP contribution in [-0.4, -0.2) is 46.5 Å². The Balaban J connectivity index is 1.34. The third kappa shape index (κ3) is 7.21. The van der Waals surface area contributed by atoms with Gasteiger partial charge in [0.25, 0.3) is 0 Å². The number of benzene rings is 4. The zero-order valence-electron chi connectivity index (χ0n) is 23.3. The second kappa shape index (κ2) is 13.4. The molecule has 4 aromatic carbocycles. The van der Waals surface area contributed by atoms with Crippen molar-refractivity contribution in [1.82, 2.24) is 4.90 Å². The highest BCUT2D eigenvalue weighted by Gasteiger charge is 2.33. The molecule has 4 atom stereocenters. The Kier molecular flexibility index (Phi) is 9.46. The zero-order chi connectivity index (χ0) is 28.8. The number of hydrogen-bond donors (Lipinski definition) is 4. The zero-order valence-corrected chi connectivity index (χ0v) is 23.3. The second-order valence-corrected chi connectivity index (χ2v) is 10.7. The lowest BCUT2D eigenvalue weighted by atomic mass is 9.97. The van der Waals surface area contributed by atoms with Gasteiger partial charge in [-0.25, -0.2) is 0 Å². The van der Waals surface area contributed by atoms with Crippen LogP contribution in [0.1, 0.15) is 52.7 Å². The number of aliphatic hydroxyl groups is 2. The van der Waals surface area contributed by atoms with Crippen molar-refractivity contribution >= 4 is 0 Å². The quantitative estimate of drug-likeness (QED) is 0.213. The Morgan fingerprint density at radius 2 is 1.63 bits per heavy atom. The molecule has 7 heteroatoms. The van der Waals surface area contributed by atoms with E-state index in [1.54, 1.807) is 24.3 Å². The Hall–Kier alpha value is -3.56. The minimum atomic E-state index is -0.742. The molecule has 7 nitrogen and oxygen atoms in total. The molecule has 214 valence electrons. The van der Waals surface area contributed by atoms with Crippen LogP contribution in [0.25, 0.3) is 11.1 Å². The predicted molar refractivity (Wildman–Crippen MR) is 159 cm³/mol. The lowest BCUT2D eigenvalue weighted by Crippen LogP contribution is -2.39. The predicted octanol–water partition coefficient (Wildman–Crippen LogP) is 5.22. The summed E-state index contributed by atoms with van der Waals surface area (Å²) >= 11 is 0. The number of phenols is 1. The fourth-order valence-electron chi connectivity index (χ4n) is 5.39. The van der Waals surface area contributed by atoms with Crippen LogP contribution in [0.3, 0.4) is 0 Å². The molecule has 5 rings (SSSR count). The average molecular weight is 555 g/mol. The van der Waals surface area contributed by atoms with Gasteiger partial charge in [-0.1, -0.05) is 84.9 Å². The van der Waals surface area contributed by atoms with Crippen LogP contribution >= 0.6 is 0 Å². The Labute approximate surface area is 241 Å². The molecule has 0 saturated carbocycles. The SMILES string of the molecule is CN(CC1CC(c2ccc(CO)cc2)OC(c2ccc(-c3ccccc3CN)cc2)O1)CC(O)c1cccc(O)c1. The number of rotatable bonds is 10. The molecule has 0 aliphatic carbocycles. The van der Waals surface area contributed by atoms with Crippen LogP contribution in [-0.2, 0) is 22.6 Å². The molecule has 1 fully saturated rings. The summed E-state index contributed by atoms with van der Waals surface area (Å²) in [5.41, 5.74) is 12.7. The van der Waals surface area contributed by atoms with Crippen LogP contribution in [0.4, 0.5) is 0 Å². The molecule has 1 aliphatic rings. The molecule has 41 heavy (non-hydrogen) atoms. The van der Waals surface area contributed by atoms with Gasteiger partial charge in [0.15, 0.2) is 6.29 Å². The normalized spacial score (nSPS) is 19.8. The standard InChI is InChI=1S/C34H38N2O5/c1-36(21-32(39)27-6-4-7-29(38)17-27)20-30-18-33(25-11-9-23(22-37)10-12-25)41-34(40-30)26-15-13-24(14-16-26)31-8-3-2-5-28(31)19-35/h2-17,30,32-34,37-39H,18-22,35H2,1H3. The van der Waals surface area contributed by atoms with Crippen molar-refractivity contribution in [3.8, 4) is 16.9 Å². The molecule has 1 saturated heterocycles. The summed E-state index contributed by atoms with van der Waals surface area (Å²) in [6.07, 6.45) is -1.03. The minimum absolute atomic E-state index is 0.00783. The molecule has 4 aromatic rings. The monoisotopic (exact) mass is 554 g/mol. The number of phenolic OH excluding ortho intramolecular Hbond substituents is 1. The summed E-state index contributed by atoms with van der Waals surface area (Å²) in [4.78, 5) is 2.04. The van der Waals surface area contributed by atoms with E-state index in [0.717, 1.165) is 33.4 Å². The van der Waals surface area contributed by atoms with E-state index >= 15 is 0 Å². The number of aromatic hydroxyl groups is 1. The maximum atomic E-state index is 10.8. The highest BCUT2D eigenvalue weighted by atomic mass is 16.7. The molecule has 1 aliphatic heterocycles. The Morgan fingerprint density at radius 3 is 2.34 bits per heavy atom. The molecule has 4 unspecified atom stereocenters. The van der Waals surface area contributed by atoms with Gasteiger partial charge in [-0.15, -0.1) is 0 Å². The first-order chi connectivity index (χ1) is 19.9. The first-order valence-electron chi connectivity index (χ1n) is 14.0. The van der Waals surface area contributed by atoms with Gasteiger partial charge >= 0.3 is 0 Å². The molecule has 0 bridgehead atoms. The highest BCUT2D eigenvalue weighted by Crippen LogP contribution is 2.39. The van der Waals surface area contributed by atoms with Crippen molar-refractivity contribution in [2.45, 2.75) is 44.2 Å². The lowest BCUT2D eigenvalue weighted by Gasteiger charge is -2.38. The minimum Gasteiger partial charge on any atom is -0.508 e. The van der Waals surface area contributed by atoms with Gasteiger partial charge in [-0.05, 0) is 52.6 Å². The van der Waals surface area contributed by atoms with Crippen molar-refractivity contribution < 1.29 is 24.8 Å². The van der Waals surface area contributed by atoms with E-state index < -0.39 is 12.4 Å². The van der Waals surface area contributed by atoms with Gasteiger partial charge < -0.3 is 35.4 Å². The smallest absolute Gasteiger partial charge is 0.184 e. The van der Waals surface area contributed by atoms with E-state index in [0.29, 0.717) is 31.6 Å². The highest BCUT2D eigenvalue weighted by molar-refractivity contribution is 5.67. The fourth-order valence-corrected chi connectivity index (χ4v) is 5.39. The van der Waals surface area contributed by atoms with Gasteiger partial charge in [0.1, 0.15) is 5.75 Å². The summed E-state index contributed by atoms with van der Waals surface area (Å²) in [5, 5.41) is 30.0. The van der Waals surface area contributed by atoms with Crippen LogP contribution in [0, 0.1) is 0 Å². The van der Waals surface area contributed by atoms with E-state index in [-0.39, 0.29) is 24.6 Å².